The van der Waals surface area contributed by atoms with E-state index < -0.39 is 10.0 Å². The third-order valence-corrected chi connectivity index (χ3v) is 5.65. The molecule has 0 radical (unpaired) electrons. The van der Waals surface area contributed by atoms with Crippen molar-refractivity contribution in [3.8, 4) is 0 Å². The Morgan fingerprint density at radius 1 is 0.885 bits per heavy atom. The van der Waals surface area contributed by atoms with Crippen LogP contribution in [0.1, 0.15) is 11.1 Å². The molecule has 0 bridgehead atoms. The molecule has 0 aliphatic carbocycles. The van der Waals surface area contributed by atoms with E-state index >= 15 is 0 Å². The molecule has 2 N–H and O–H groups in total. The van der Waals surface area contributed by atoms with E-state index in [9.17, 15) is 8.42 Å². The number of halogens is 1. The van der Waals surface area contributed by atoms with Gasteiger partial charge in [-0.15, -0.1) is 10.2 Å². The number of sulfonamides is 1. The summed E-state index contributed by atoms with van der Waals surface area (Å²) in [5, 5.41) is 11.6. The van der Waals surface area contributed by atoms with E-state index in [-0.39, 0.29) is 10.7 Å². The molecule has 3 aromatic rings. The summed E-state index contributed by atoms with van der Waals surface area (Å²) in [5.74, 6) is 0.615. The summed E-state index contributed by atoms with van der Waals surface area (Å²) in [5.41, 5.74) is 2.40. The second-order valence-corrected chi connectivity index (χ2v) is 7.82. The highest BCUT2D eigenvalue weighted by Crippen LogP contribution is 2.23. The molecule has 134 valence electrons. The predicted molar refractivity (Wildman–Crippen MR) is 103 cm³/mol. The standard InChI is InChI=1S/C18H17ClN4O2S/c1-12-7-8-14(11-15(12)19)20-17-9-10-18(22-21-17)23-26(24,25)16-6-4-3-5-13(16)2/h3-11H,1-2H3,(H,20,21)(H,22,23). The summed E-state index contributed by atoms with van der Waals surface area (Å²) < 4.78 is 27.3. The third-order valence-electron chi connectivity index (χ3n) is 3.73. The topological polar surface area (TPSA) is 84.0 Å². The van der Waals surface area contributed by atoms with Gasteiger partial charge in [-0.05, 0) is 55.3 Å². The number of anilines is 3. The van der Waals surface area contributed by atoms with Gasteiger partial charge in [0.2, 0.25) is 0 Å². The van der Waals surface area contributed by atoms with Crippen LogP contribution in [-0.2, 0) is 10.0 Å². The average molecular weight is 389 g/mol. The highest BCUT2D eigenvalue weighted by atomic mass is 35.5. The predicted octanol–water partition coefficient (Wildman–Crippen LogP) is 4.29. The second-order valence-electron chi connectivity index (χ2n) is 5.76. The second kappa shape index (κ2) is 7.31. The van der Waals surface area contributed by atoms with E-state index in [1.807, 2.05) is 19.1 Å². The Morgan fingerprint density at radius 3 is 2.23 bits per heavy atom. The van der Waals surface area contributed by atoms with E-state index in [0.717, 1.165) is 11.3 Å². The van der Waals surface area contributed by atoms with Crippen molar-refractivity contribution in [3.63, 3.8) is 0 Å². The van der Waals surface area contributed by atoms with Gasteiger partial charge in [-0.25, -0.2) is 8.42 Å². The molecule has 1 aromatic heterocycles. The largest absolute Gasteiger partial charge is 0.339 e. The summed E-state index contributed by atoms with van der Waals surface area (Å²) in [6, 6.07) is 15.5. The van der Waals surface area contributed by atoms with E-state index in [2.05, 4.69) is 20.2 Å². The first kappa shape index (κ1) is 18.2. The van der Waals surface area contributed by atoms with E-state index in [1.54, 1.807) is 49.4 Å². The molecule has 3 rings (SSSR count). The zero-order chi connectivity index (χ0) is 18.7. The number of hydrogen-bond acceptors (Lipinski definition) is 5. The molecule has 0 aliphatic heterocycles. The minimum atomic E-state index is -3.72. The number of hydrogen-bond donors (Lipinski definition) is 2. The van der Waals surface area contributed by atoms with E-state index in [4.69, 9.17) is 11.6 Å². The first-order chi connectivity index (χ1) is 12.3. The Labute approximate surface area is 157 Å². The van der Waals surface area contributed by atoms with Crippen LogP contribution in [-0.4, -0.2) is 18.6 Å². The minimum absolute atomic E-state index is 0.140. The first-order valence-corrected chi connectivity index (χ1v) is 9.66. The molecule has 0 saturated carbocycles. The van der Waals surface area contributed by atoms with Crippen molar-refractivity contribution >= 4 is 38.9 Å². The van der Waals surface area contributed by atoms with Crippen LogP contribution in [0.4, 0.5) is 17.3 Å². The smallest absolute Gasteiger partial charge is 0.263 e. The molecule has 26 heavy (non-hydrogen) atoms. The number of aromatic nitrogens is 2. The van der Waals surface area contributed by atoms with Gasteiger partial charge in [0.1, 0.15) is 0 Å². The van der Waals surface area contributed by atoms with Gasteiger partial charge in [-0.2, -0.15) is 0 Å². The van der Waals surface area contributed by atoms with Crippen LogP contribution in [0.15, 0.2) is 59.5 Å². The van der Waals surface area contributed by atoms with Gasteiger partial charge in [-0.3, -0.25) is 4.72 Å². The molecule has 0 unspecified atom stereocenters. The molecule has 0 atom stereocenters. The molecule has 8 heteroatoms. The van der Waals surface area contributed by atoms with Crippen LogP contribution in [0.2, 0.25) is 5.02 Å². The van der Waals surface area contributed by atoms with Gasteiger partial charge >= 0.3 is 0 Å². The van der Waals surface area contributed by atoms with Crippen LogP contribution in [0, 0.1) is 13.8 Å². The van der Waals surface area contributed by atoms with Gasteiger partial charge in [0.05, 0.1) is 4.90 Å². The normalized spacial score (nSPS) is 11.2. The minimum Gasteiger partial charge on any atom is -0.339 e. The maximum Gasteiger partial charge on any atom is 0.263 e. The van der Waals surface area contributed by atoms with Crippen molar-refractivity contribution in [1.82, 2.24) is 10.2 Å². The van der Waals surface area contributed by atoms with Crippen LogP contribution in [0.25, 0.3) is 0 Å². The van der Waals surface area contributed by atoms with Crippen molar-refractivity contribution < 1.29 is 8.42 Å². The Balaban J connectivity index is 1.75. The zero-order valence-corrected chi connectivity index (χ0v) is 15.8. The van der Waals surface area contributed by atoms with E-state index in [1.165, 1.54) is 0 Å². The number of nitrogens with one attached hydrogen (secondary N) is 2. The lowest BCUT2D eigenvalue weighted by atomic mass is 10.2. The summed E-state index contributed by atoms with van der Waals surface area (Å²) >= 11 is 6.10. The van der Waals surface area contributed by atoms with Gasteiger partial charge in [0.15, 0.2) is 11.6 Å². The van der Waals surface area contributed by atoms with Crippen molar-refractivity contribution in [2.75, 3.05) is 10.0 Å². The fourth-order valence-electron chi connectivity index (χ4n) is 2.32. The SMILES string of the molecule is Cc1ccc(Nc2ccc(NS(=O)(=O)c3ccccc3C)nn2)cc1Cl. The molecule has 0 saturated heterocycles. The number of rotatable bonds is 5. The molecular weight excluding hydrogens is 372 g/mol. The number of aryl methyl sites for hydroxylation is 2. The lowest BCUT2D eigenvalue weighted by Crippen LogP contribution is -2.15. The van der Waals surface area contributed by atoms with Crippen LogP contribution >= 0.6 is 11.6 Å². The fourth-order valence-corrected chi connectivity index (χ4v) is 3.75. The van der Waals surface area contributed by atoms with Crippen LogP contribution < -0.4 is 10.0 Å². The first-order valence-electron chi connectivity index (χ1n) is 7.80. The summed E-state index contributed by atoms with van der Waals surface area (Å²) in [4.78, 5) is 0.207. The highest BCUT2D eigenvalue weighted by Gasteiger charge is 2.17. The third kappa shape index (κ3) is 4.12. The van der Waals surface area contributed by atoms with Crippen molar-refractivity contribution in [2.45, 2.75) is 18.7 Å². The summed E-state index contributed by atoms with van der Waals surface area (Å²) in [6.07, 6.45) is 0. The molecule has 0 fully saturated rings. The quantitative estimate of drug-likeness (QED) is 0.681. The van der Waals surface area contributed by atoms with Crippen LogP contribution in [0.5, 0.6) is 0 Å². The zero-order valence-electron chi connectivity index (χ0n) is 14.2. The molecule has 1 heterocycles. The molecule has 0 spiro atoms. The van der Waals surface area contributed by atoms with Gasteiger partial charge in [0, 0.05) is 10.7 Å². The lowest BCUT2D eigenvalue weighted by molar-refractivity contribution is 0.600. The highest BCUT2D eigenvalue weighted by molar-refractivity contribution is 7.92. The molecule has 0 aliphatic rings. The van der Waals surface area contributed by atoms with Crippen LogP contribution in [0.3, 0.4) is 0 Å². The van der Waals surface area contributed by atoms with Crippen molar-refractivity contribution in [3.05, 3.63) is 70.7 Å². The maximum atomic E-state index is 12.5. The van der Waals surface area contributed by atoms with Gasteiger partial charge < -0.3 is 5.32 Å². The lowest BCUT2D eigenvalue weighted by Gasteiger charge is -2.10. The Kier molecular flexibility index (Phi) is 5.11. The molecular formula is C18H17ClN4O2S. The monoisotopic (exact) mass is 388 g/mol. The van der Waals surface area contributed by atoms with Gasteiger partial charge in [-0.1, -0.05) is 35.9 Å². The summed E-state index contributed by atoms with van der Waals surface area (Å²) in [7, 11) is -3.72. The molecule has 2 aromatic carbocycles. The molecule has 0 amide bonds. The molecule has 6 nitrogen and oxygen atoms in total. The summed E-state index contributed by atoms with van der Waals surface area (Å²) in [6.45, 7) is 3.65. The van der Waals surface area contributed by atoms with Crippen molar-refractivity contribution in [2.24, 2.45) is 0 Å². The number of benzene rings is 2. The Bertz CT molecular complexity index is 1040. The maximum absolute atomic E-state index is 12.5. The fraction of sp³-hybridized carbons (Fsp3) is 0.111. The van der Waals surface area contributed by atoms with Crippen molar-refractivity contribution in [1.29, 1.82) is 0 Å². The average Bonchev–Trinajstić information content (AvgIpc) is 2.60. The number of nitrogens with zero attached hydrogens (tertiary/aromatic N) is 2. The van der Waals surface area contributed by atoms with Gasteiger partial charge in [0.25, 0.3) is 10.0 Å². The Hall–Kier alpha value is -2.64. The Morgan fingerprint density at radius 2 is 1.58 bits per heavy atom. The van der Waals surface area contributed by atoms with E-state index in [0.29, 0.717) is 16.4 Å².